The summed E-state index contributed by atoms with van der Waals surface area (Å²) < 4.78 is 1.15. The molecule has 1 rings (SSSR count). The summed E-state index contributed by atoms with van der Waals surface area (Å²) in [4.78, 5) is 1.30. The van der Waals surface area contributed by atoms with Crippen LogP contribution in [0.2, 0.25) is 0 Å². The molecule has 0 bridgehead atoms. The minimum atomic E-state index is 0.137. The summed E-state index contributed by atoms with van der Waals surface area (Å²) >= 11 is 5.14. The molecule has 1 heterocycles. The van der Waals surface area contributed by atoms with E-state index < -0.39 is 0 Å². The molecule has 0 aromatic carbocycles. The van der Waals surface area contributed by atoms with E-state index in [0.717, 1.165) is 23.3 Å². The Morgan fingerprint density at radius 1 is 1.64 bits per heavy atom. The lowest BCUT2D eigenvalue weighted by Gasteiger charge is -2.06. The minimum absolute atomic E-state index is 0.137. The second-order valence-corrected chi connectivity index (χ2v) is 5.62. The zero-order valence-corrected chi connectivity index (χ0v) is 10.5. The quantitative estimate of drug-likeness (QED) is 0.894. The summed E-state index contributed by atoms with van der Waals surface area (Å²) in [6.07, 6.45) is 0.914. The molecule has 0 aliphatic heterocycles. The van der Waals surface area contributed by atoms with Gasteiger partial charge in [-0.3, -0.25) is 0 Å². The Morgan fingerprint density at radius 3 is 2.93 bits per heavy atom. The Hall–Kier alpha value is -0.370. The van der Waals surface area contributed by atoms with Gasteiger partial charge in [-0.2, -0.15) is 5.26 Å². The van der Waals surface area contributed by atoms with Gasteiger partial charge in [0, 0.05) is 18.0 Å². The van der Waals surface area contributed by atoms with Crippen LogP contribution in [0.4, 0.5) is 0 Å². The third-order valence-corrected chi connectivity index (χ3v) is 3.62. The first-order valence-corrected chi connectivity index (χ1v) is 6.21. The van der Waals surface area contributed by atoms with Crippen molar-refractivity contribution in [1.29, 1.82) is 5.26 Å². The average Bonchev–Trinajstić information content (AvgIpc) is 2.59. The van der Waals surface area contributed by atoms with E-state index in [4.69, 9.17) is 5.26 Å². The summed E-state index contributed by atoms with van der Waals surface area (Å²) in [7, 11) is 0. The van der Waals surface area contributed by atoms with Crippen molar-refractivity contribution in [3.8, 4) is 6.07 Å². The zero-order chi connectivity index (χ0) is 10.4. The highest BCUT2D eigenvalue weighted by Crippen LogP contribution is 2.21. The third-order valence-electron chi connectivity index (χ3n) is 1.99. The molecule has 0 saturated heterocycles. The standard InChI is InChI=1S/C10H13BrN2S/c1-2-8(5-12)6-13-7-9-3-4-10(11)14-9/h3-4,8,13H,2,6-7H2,1H3. The van der Waals surface area contributed by atoms with E-state index in [-0.39, 0.29) is 5.92 Å². The molecule has 1 N–H and O–H groups in total. The molecule has 1 aromatic rings. The van der Waals surface area contributed by atoms with Gasteiger partial charge in [0.25, 0.3) is 0 Å². The number of nitrogens with zero attached hydrogens (tertiary/aromatic N) is 1. The molecule has 0 aliphatic carbocycles. The van der Waals surface area contributed by atoms with Crippen molar-refractivity contribution < 1.29 is 0 Å². The van der Waals surface area contributed by atoms with Crippen LogP contribution in [-0.2, 0) is 6.54 Å². The molecule has 2 nitrogen and oxygen atoms in total. The van der Waals surface area contributed by atoms with Crippen molar-refractivity contribution in [3.05, 3.63) is 20.8 Å². The van der Waals surface area contributed by atoms with E-state index in [1.807, 2.05) is 13.0 Å². The van der Waals surface area contributed by atoms with E-state index in [1.54, 1.807) is 11.3 Å². The van der Waals surface area contributed by atoms with Gasteiger partial charge in [0.1, 0.15) is 0 Å². The summed E-state index contributed by atoms with van der Waals surface area (Å²) in [5.74, 6) is 0.137. The minimum Gasteiger partial charge on any atom is -0.311 e. The Labute approximate surface area is 97.1 Å². The average molecular weight is 273 g/mol. The lowest BCUT2D eigenvalue weighted by Crippen LogP contribution is -2.20. The van der Waals surface area contributed by atoms with E-state index >= 15 is 0 Å². The number of hydrogen-bond acceptors (Lipinski definition) is 3. The first-order valence-electron chi connectivity index (χ1n) is 4.60. The van der Waals surface area contributed by atoms with Crippen molar-refractivity contribution >= 4 is 27.3 Å². The van der Waals surface area contributed by atoms with Crippen LogP contribution in [0.15, 0.2) is 15.9 Å². The number of hydrogen-bond donors (Lipinski definition) is 1. The molecule has 4 heteroatoms. The third kappa shape index (κ3) is 3.79. The highest BCUT2D eigenvalue weighted by Gasteiger charge is 2.03. The number of nitrogens with one attached hydrogen (secondary N) is 1. The molecule has 0 saturated carbocycles. The van der Waals surface area contributed by atoms with Crippen LogP contribution in [0.1, 0.15) is 18.2 Å². The Bertz CT molecular complexity index is 316. The van der Waals surface area contributed by atoms with Gasteiger partial charge in [-0.15, -0.1) is 11.3 Å². The van der Waals surface area contributed by atoms with Gasteiger partial charge in [-0.05, 0) is 34.5 Å². The molecular weight excluding hydrogens is 260 g/mol. The van der Waals surface area contributed by atoms with Crippen molar-refractivity contribution in [2.75, 3.05) is 6.54 Å². The summed E-state index contributed by atoms with van der Waals surface area (Å²) in [5.41, 5.74) is 0. The number of nitriles is 1. The lowest BCUT2D eigenvalue weighted by molar-refractivity contribution is 0.555. The molecule has 0 spiro atoms. The van der Waals surface area contributed by atoms with Crippen LogP contribution in [0.25, 0.3) is 0 Å². The van der Waals surface area contributed by atoms with Gasteiger partial charge >= 0.3 is 0 Å². The molecule has 1 atom stereocenters. The Balaban J connectivity index is 2.25. The first kappa shape index (κ1) is 11.7. The van der Waals surface area contributed by atoms with Crippen LogP contribution in [0.5, 0.6) is 0 Å². The Kier molecular flexibility index (Phi) is 5.16. The topological polar surface area (TPSA) is 35.8 Å². The van der Waals surface area contributed by atoms with Crippen LogP contribution in [-0.4, -0.2) is 6.54 Å². The highest BCUT2D eigenvalue weighted by atomic mass is 79.9. The predicted molar refractivity (Wildman–Crippen MR) is 63.1 cm³/mol. The fraction of sp³-hybridized carbons (Fsp3) is 0.500. The van der Waals surface area contributed by atoms with Crippen molar-refractivity contribution in [3.63, 3.8) is 0 Å². The van der Waals surface area contributed by atoms with Gasteiger partial charge in [0.15, 0.2) is 0 Å². The summed E-state index contributed by atoms with van der Waals surface area (Å²) in [6, 6.07) is 6.41. The second-order valence-electron chi connectivity index (χ2n) is 3.07. The summed E-state index contributed by atoms with van der Waals surface area (Å²) in [5, 5.41) is 12.0. The van der Waals surface area contributed by atoms with Crippen LogP contribution in [0, 0.1) is 17.2 Å². The largest absolute Gasteiger partial charge is 0.311 e. The predicted octanol–water partition coefficient (Wildman–Crippen LogP) is 3.15. The maximum absolute atomic E-state index is 8.73. The van der Waals surface area contributed by atoms with Crippen LogP contribution >= 0.6 is 27.3 Å². The molecule has 76 valence electrons. The molecule has 1 unspecified atom stereocenters. The number of rotatable bonds is 5. The van der Waals surface area contributed by atoms with Crippen molar-refractivity contribution in [1.82, 2.24) is 5.32 Å². The SMILES string of the molecule is CCC(C#N)CNCc1ccc(Br)s1. The lowest BCUT2D eigenvalue weighted by atomic mass is 10.1. The molecule has 0 radical (unpaired) electrons. The molecule has 14 heavy (non-hydrogen) atoms. The van der Waals surface area contributed by atoms with Gasteiger partial charge in [-0.25, -0.2) is 0 Å². The maximum atomic E-state index is 8.73. The van der Waals surface area contributed by atoms with Gasteiger partial charge in [-0.1, -0.05) is 6.92 Å². The van der Waals surface area contributed by atoms with Gasteiger partial charge < -0.3 is 5.32 Å². The fourth-order valence-corrected chi connectivity index (χ4v) is 2.55. The van der Waals surface area contributed by atoms with E-state index in [2.05, 4.69) is 33.4 Å². The zero-order valence-electron chi connectivity index (χ0n) is 8.09. The molecular formula is C10H13BrN2S. The van der Waals surface area contributed by atoms with Gasteiger partial charge in [0.05, 0.1) is 15.8 Å². The van der Waals surface area contributed by atoms with Crippen molar-refractivity contribution in [2.45, 2.75) is 19.9 Å². The van der Waals surface area contributed by atoms with Gasteiger partial charge in [0.2, 0.25) is 0 Å². The normalized spacial score (nSPS) is 12.4. The maximum Gasteiger partial charge on any atom is 0.0701 e. The molecule has 0 amide bonds. The molecule has 1 aromatic heterocycles. The number of thiophene rings is 1. The molecule has 0 aliphatic rings. The summed E-state index contributed by atoms with van der Waals surface area (Å²) in [6.45, 7) is 3.67. The smallest absolute Gasteiger partial charge is 0.0701 e. The first-order chi connectivity index (χ1) is 6.76. The molecule has 0 fully saturated rings. The second kappa shape index (κ2) is 6.18. The highest BCUT2D eigenvalue weighted by molar-refractivity contribution is 9.11. The monoisotopic (exact) mass is 272 g/mol. The number of halogens is 1. The van der Waals surface area contributed by atoms with E-state index in [9.17, 15) is 0 Å². The van der Waals surface area contributed by atoms with E-state index in [0.29, 0.717) is 0 Å². The van der Waals surface area contributed by atoms with Crippen LogP contribution < -0.4 is 5.32 Å². The fourth-order valence-electron chi connectivity index (χ4n) is 1.10. The van der Waals surface area contributed by atoms with Crippen LogP contribution in [0.3, 0.4) is 0 Å². The van der Waals surface area contributed by atoms with E-state index in [1.165, 1.54) is 4.88 Å². The Morgan fingerprint density at radius 2 is 2.43 bits per heavy atom. The van der Waals surface area contributed by atoms with Crippen molar-refractivity contribution in [2.24, 2.45) is 5.92 Å².